The van der Waals surface area contributed by atoms with Crippen LogP contribution in [0.4, 0.5) is 4.39 Å². The van der Waals surface area contributed by atoms with Gasteiger partial charge in [0.2, 0.25) is 0 Å². The van der Waals surface area contributed by atoms with Gasteiger partial charge < -0.3 is 14.2 Å². The number of thiophene rings is 1. The number of hydrogen-bond acceptors (Lipinski definition) is 7. The summed E-state index contributed by atoms with van der Waals surface area (Å²) in [5.41, 5.74) is 3.07. The molecular weight excluding hydrogens is 445 g/mol. The molecule has 0 aliphatic rings. The smallest absolute Gasteiger partial charge is 0.339 e. The van der Waals surface area contributed by atoms with Crippen LogP contribution in [0.1, 0.15) is 31.4 Å². The van der Waals surface area contributed by atoms with Gasteiger partial charge in [0.05, 0.1) is 22.3 Å². The van der Waals surface area contributed by atoms with E-state index in [1.54, 1.807) is 43.5 Å². The summed E-state index contributed by atoms with van der Waals surface area (Å²) >= 11 is 1.63. The molecule has 0 N–H and O–H groups in total. The molecular formula is C24H22FN3O4S. The number of halogens is 1. The van der Waals surface area contributed by atoms with E-state index in [1.165, 1.54) is 17.0 Å². The number of pyridine rings is 1. The highest BCUT2D eigenvalue weighted by molar-refractivity contribution is 7.12. The normalized spacial score (nSPS) is 11.1. The van der Waals surface area contributed by atoms with E-state index in [4.69, 9.17) is 9.26 Å². The number of ether oxygens (including phenoxy) is 1. The van der Waals surface area contributed by atoms with Gasteiger partial charge in [0.1, 0.15) is 5.82 Å². The molecule has 1 aromatic carbocycles. The minimum Gasteiger partial charge on any atom is -0.452 e. The van der Waals surface area contributed by atoms with E-state index in [1.807, 2.05) is 19.9 Å². The van der Waals surface area contributed by atoms with Crippen LogP contribution in [0.3, 0.4) is 0 Å². The van der Waals surface area contributed by atoms with Crippen molar-refractivity contribution in [2.75, 3.05) is 13.7 Å². The first-order valence-electron chi connectivity index (χ1n) is 10.2. The largest absolute Gasteiger partial charge is 0.452 e. The third kappa shape index (κ3) is 4.78. The number of aryl methyl sites for hydroxylation is 3. The average molecular weight is 468 g/mol. The second kappa shape index (κ2) is 9.11. The van der Waals surface area contributed by atoms with Crippen LogP contribution < -0.4 is 0 Å². The van der Waals surface area contributed by atoms with Crippen LogP contribution in [-0.2, 0) is 16.1 Å². The average Bonchev–Trinajstić information content (AvgIpc) is 3.32. The van der Waals surface area contributed by atoms with E-state index in [0.29, 0.717) is 22.3 Å². The molecule has 1 amide bonds. The molecule has 170 valence electrons. The number of hydrogen-bond donors (Lipinski definition) is 0. The van der Waals surface area contributed by atoms with Crippen molar-refractivity contribution in [3.05, 3.63) is 68.8 Å². The van der Waals surface area contributed by atoms with E-state index >= 15 is 0 Å². The first kappa shape index (κ1) is 22.6. The number of esters is 1. The number of fused-ring (bicyclic) bond motifs is 1. The fourth-order valence-electron chi connectivity index (χ4n) is 3.59. The molecule has 3 heterocycles. The van der Waals surface area contributed by atoms with Gasteiger partial charge in [0.25, 0.3) is 11.6 Å². The molecule has 0 aliphatic carbocycles. The fourth-order valence-corrected chi connectivity index (χ4v) is 4.52. The minimum absolute atomic E-state index is 0.194. The first-order valence-corrected chi connectivity index (χ1v) is 11.0. The predicted octanol–water partition coefficient (Wildman–Crippen LogP) is 4.83. The lowest BCUT2D eigenvalue weighted by atomic mass is 10.1. The van der Waals surface area contributed by atoms with Crippen LogP contribution in [0.5, 0.6) is 0 Å². The Kier molecular flexibility index (Phi) is 6.24. The summed E-state index contributed by atoms with van der Waals surface area (Å²) in [6.07, 6.45) is 0. The maximum atomic E-state index is 13.4. The van der Waals surface area contributed by atoms with Crippen LogP contribution in [0.25, 0.3) is 22.4 Å². The van der Waals surface area contributed by atoms with Gasteiger partial charge in [-0.15, -0.1) is 11.3 Å². The molecule has 7 nitrogen and oxygen atoms in total. The van der Waals surface area contributed by atoms with Gasteiger partial charge in [-0.1, -0.05) is 17.3 Å². The maximum absolute atomic E-state index is 13.4. The van der Waals surface area contributed by atoms with Crippen molar-refractivity contribution in [1.82, 2.24) is 15.0 Å². The topological polar surface area (TPSA) is 85.5 Å². The zero-order valence-electron chi connectivity index (χ0n) is 18.6. The number of nitrogens with zero attached hydrogens (tertiary/aromatic N) is 3. The third-order valence-corrected chi connectivity index (χ3v) is 6.18. The summed E-state index contributed by atoms with van der Waals surface area (Å²) < 4.78 is 24.0. The van der Waals surface area contributed by atoms with Crippen LogP contribution in [-0.4, -0.2) is 40.6 Å². The Bertz CT molecular complexity index is 1360. The van der Waals surface area contributed by atoms with Crippen LogP contribution in [0, 0.1) is 26.6 Å². The number of aromatic nitrogens is 2. The van der Waals surface area contributed by atoms with E-state index in [2.05, 4.69) is 10.1 Å². The van der Waals surface area contributed by atoms with Gasteiger partial charge in [-0.2, -0.15) is 0 Å². The number of amides is 1. The van der Waals surface area contributed by atoms with Crippen molar-refractivity contribution in [2.24, 2.45) is 0 Å². The van der Waals surface area contributed by atoms with E-state index in [9.17, 15) is 14.0 Å². The summed E-state index contributed by atoms with van der Waals surface area (Å²) in [6.45, 7) is 5.43. The van der Waals surface area contributed by atoms with Crippen molar-refractivity contribution in [1.29, 1.82) is 0 Å². The molecule has 0 fully saturated rings. The van der Waals surface area contributed by atoms with Crippen molar-refractivity contribution in [3.63, 3.8) is 0 Å². The van der Waals surface area contributed by atoms with Crippen molar-refractivity contribution in [2.45, 2.75) is 27.3 Å². The van der Waals surface area contributed by atoms with E-state index in [0.717, 1.165) is 15.3 Å². The van der Waals surface area contributed by atoms with Gasteiger partial charge >= 0.3 is 5.97 Å². The van der Waals surface area contributed by atoms with E-state index < -0.39 is 18.5 Å². The van der Waals surface area contributed by atoms with Gasteiger partial charge in [0.15, 0.2) is 6.61 Å². The molecule has 0 bridgehead atoms. The van der Waals surface area contributed by atoms with Gasteiger partial charge in [-0.3, -0.25) is 4.79 Å². The standard InChI is InChI=1S/C24H22FN3O4S/c1-13-8-18(15(3)33-13)20-10-19(22-14(2)27-32-23(22)26-20)24(30)31-12-21(29)28(4)11-16-6-5-7-17(25)9-16/h5-10H,11-12H2,1-4H3. The molecule has 3 aromatic heterocycles. The lowest BCUT2D eigenvalue weighted by Gasteiger charge is -2.17. The zero-order chi connectivity index (χ0) is 23.7. The number of carbonyl (C=O) groups excluding carboxylic acids is 2. The predicted molar refractivity (Wildman–Crippen MR) is 122 cm³/mol. The van der Waals surface area contributed by atoms with Crippen LogP contribution in [0.2, 0.25) is 0 Å². The molecule has 9 heteroatoms. The summed E-state index contributed by atoms with van der Waals surface area (Å²) in [5, 5.41) is 4.38. The Labute approximate surface area is 193 Å². The SMILES string of the molecule is Cc1cc(-c2cc(C(=O)OCC(=O)N(C)Cc3cccc(F)c3)c3c(C)noc3n2)c(C)s1. The molecule has 0 saturated carbocycles. The highest BCUT2D eigenvalue weighted by atomic mass is 32.1. The molecule has 4 aromatic rings. The summed E-state index contributed by atoms with van der Waals surface area (Å²) in [5.74, 6) is -1.46. The second-order valence-corrected chi connectivity index (χ2v) is 9.25. The number of rotatable bonds is 6. The summed E-state index contributed by atoms with van der Waals surface area (Å²) in [6, 6.07) is 9.63. The fraction of sp³-hybridized carbons (Fsp3) is 0.250. The molecule has 0 spiro atoms. The number of likely N-dealkylation sites (N-methyl/N-ethyl adjacent to an activating group) is 1. The monoisotopic (exact) mass is 467 g/mol. The third-order valence-electron chi connectivity index (χ3n) is 5.22. The number of benzene rings is 1. The molecule has 4 rings (SSSR count). The molecule has 0 unspecified atom stereocenters. The zero-order valence-corrected chi connectivity index (χ0v) is 19.5. The highest BCUT2D eigenvalue weighted by Gasteiger charge is 2.23. The first-order chi connectivity index (χ1) is 15.7. The lowest BCUT2D eigenvalue weighted by Crippen LogP contribution is -2.30. The van der Waals surface area contributed by atoms with Crippen LogP contribution in [0.15, 0.2) is 40.9 Å². The Morgan fingerprint density at radius 2 is 1.97 bits per heavy atom. The molecule has 33 heavy (non-hydrogen) atoms. The molecule has 0 saturated heterocycles. The Hall–Kier alpha value is -3.59. The molecule has 0 radical (unpaired) electrons. The van der Waals surface area contributed by atoms with E-state index in [-0.39, 0.29) is 23.6 Å². The van der Waals surface area contributed by atoms with Crippen molar-refractivity contribution >= 4 is 34.3 Å². The highest BCUT2D eigenvalue weighted by Crippen LogP contribution is 2.33. The number of carbonyl (C=O) groups is 2. The molecule has 0 aliphatic heterocycles. The van der Waals surface area contributed by atoms with Gasteiger partial charge in [0, 0.05) is 28.9 Å². The summed E-state index contributed by atoms with van der Waals surface area (Å²) in [4.78, 5) is 33.5. The van der Waals surface area contributed by atoms with Crippen molar-refractivity contribution < 1.29 is 23.2 Å². The molecule has 0 atom stereocenters. The Balaban J connectivity index is 1.54. The van der Waals surface area contributed by atoms with Crippen LogP contribution >= 0.6 is 11.3 Å². The van der Waals surface area contributed by atoms with Gasteiger partial charge in [-0.05, 0) is 50.6 Å². The van der Waals surface area contributed by atoms with Gasteiger partial charge in [-0.25, -0.2) is 14.2 Å². The maximum Gasteiger partial charge on any atom is 0.339 e. The lowest BCUT2D eigenvalue weighted by molar-refractivity contribution is -0.133. The summed E-state index contributed by atoms with van der Waals surface area (Å²) in [7, 11) is 1.57. The Morgan fingerprint density at radius 3 is 2.67 bits per heavy atom. The quantitative estimate of drug-likeness (QED) is 0.378. The van der Waals surface area contributed by atoms with Crippen molar-refractivity contribution in [3.8, 4) is 11.3 Å². The second-order valence-electron chi connectivity index (χ2n) is 7.79. The Morgan fingerprint density at radius 1 is 1.18 bits per heavy atom. The minimum atomic E-state index is -0.674.